The third kappa shape index (κ3) is 2.75. The van der Waals surface area contributed by atoms with Crippen LogP contribution in [0.25, 0.3) is 0 Å². The SMILES string of the molecule is Cc1cc(NC(=O)c2ccc(=O)[nH]c2)cnc1Cl. The van der Waals surface area contributed by atoms with Crippen LogP contribution in [0.4, 0.5) is 5.69 Å². The minimum absolute atomic E-state index is 0.254. The third-order valence-electron chi connectivity index (χ3n) is 2.32. The normalized spacial score (nSPS) is 10.1. The number of hydrogen-bond donors (Lipinski definition) is 2. The zero-order valence-electron chi connectivity index (χ0n) is 9.53. The number of amides is 1. The van der Waals surface area contributed by atoms with Gasteiger partial charge in [0, 0.05) is 12.3 Å². The van der Waals surface area contributed by atoms with Gasteiger partial charge >= 0.3 is 0 Å². The van der Waals surface area contributed by atoms with Crippen LogP contribution in [0.3, 0.4) is 0 Å². The maximum Gasteiger partial charge on any atom is 0.257 e. The van der Waals surface area contributed by atoms with Crippen molar-refractivity contribution in [2.75, 3.05) is 5.32 Å². The van der Waals surface area contributed by atoms with Crippen molar-refractivity contribution in [3.05, 3.63) is 57.2 Å². The lowest BCUT2D eigenvalue weighted by Crippen LogP contribution is -2.14. The highest BCUT2D eigenvalue weighted by molar-refractivity contribution is 6.30. The van der Waals surface area contributed by atoms with Crippen molar-refractivity contribution in [3.8, 4) is 0 Å². The molecule has 6 heteroatoms. The van der Waals surface area contributed by atoms with Gasteiger partial charge in [-0.2, -0.15) is 0 Å². The number of carbonyl (C=O) groups is 1. The number of aromatic amines is 1. The minimum atomic E-state index is -0.324. The molecule has 0 atom stereocenters. The van der Waals surface area contributed by atoms with E-state index in [1.807, 2.05) is 0 Å². The molecule has 0 aliphatic heterocycles. The summed E-state index contributed by atoms with van der Waals surface area (Å²) in [4.78, 5) is 29.1. The second-order valence-electron chi connectivity index (χ2n) is 3.73. The summed E-state index contributed by atoms with van der Waals surface area (Å²) in [6.07, 6.45) is 2.83. The molecular weight excluding hydrogens is 254 g/mol. The molecule has 0 aliphatic carbocycles. The number of nitrogens with one attached hydrogen (secondary N) is 2. The fourth-order valence-electron chi connectivity index (χ4n) is 1.38. The van der Waals surface area contributed by atoms with Crippen molar-refractivity contribution in [1.82, 2.24) is 9.97 Å². The van der Waals surface area contributed by atoms with Crippen LogP contribution in [-0.2, 0) is 0 Å². The largest absolute Gasteiger partial charge is 0.328 e. The van der Waals surface area contributed by atoms with Crippen LogP contribution in [0.2, 0.25) is 5.15 Å². The number of rotatable bonds is 2. The molecule has 0 spiro atoms. The van der Waals surface area contributed by atoms with Crippen LogP contribution in [0.1, 0.15) is 15.9 Å². The van der Waals surface area contributed by atoms with Gasteiger partial charge in [-0.15, -0.1) is 0 Å². The quantitative estimate of drug-likeness (QED) is 0.814. The Hall–Kier alpha value is -2.14. The van der Waals surface area contributed by atoms with Crippen LogP contribution in [0.5, 0.6) is 0 Å². The van der Waals surface area contributed by atoms with Crippen molar-refractivity contribution in [1.29, 1.82) is 0 Å². The molecule has 1 amide bonds. The van der Waals surface area contributed by atoms with E-state index < -0.39 is 0 Å². The fourth-order valence-corrected chi connectivity index (χ4v) is 1.48. The van der Waals surface area contributed by atoms with Gasteiger partial charge in [0.15, 0.2) is 0 Å². The summed E-state index contributed by atoms with van der Waals surface area (Å²) in [7, 11) is 0. The molecule has 0 radical (unpaired) electrons. The van der Waals surface area contributed by atoms with Gasteiger partial charge in [0.2, 0.25) is 5.56 Å². The molecule has 92 valence electrons. The molecule has 0 saturated carbocycles. The number of H-pyrrole nitrogens is 1. The van der Waals surface area contributed by atoms with Gasteiger partial charge in [-0.1, -0.05) is 11.6 Å². The van der Waals surface area contributed by atoms with Crippen molar-refractivity contribution >= 4 is 23.2 Å². The van der Waals surface area contributed by atoms with Gasteiger partial charge in [0.05, 0.1) is 17.4 Å². The Morgan fingerprint density at radius 2 is 2.22 bits per heavy atom. The monoisotopic (exact) mass is 263 g/mol. The molecule has 2 N–H and O–H groups in total. The van der Waals surface area contributed by atoms with Crippen LogP contribution in [0, 0.1) is 6.92 Å². The van der Waals surface area contributed by atoms with E-state index >= 15 is 0 Å². The van der Waals surface area contributed by atoms with Crippen LogP contribution in [0.15, 0.2) is 35.4 Å². The highest BCUT2D eigenvalue weighted by Gasteiger charge is 2.07. The number of hydrogen-bond acceptors (Lipinski definition) is 3. The molecule has 0 fully saturated rings. The molecule has 0 unspecified atom stereocenters. The Morgan fingerprint density at radius 1 is 1.44 bits per heavy atom. The molecule has 18 heavy (non-hydrogen) atoms. The molecule has 0 aromatic carbocycles. The molecule has 2 aromatic rings. The predicted octanol–water partition coefficient (Wildman–Crippen LogP) is 1.98. The predicted molar refractivity (Wildman–Crippen MR) is 69.0 cm³/mol. The number of aromatic nitrogens is 2. The van der Waals surface area contributed by atoms with Gasteiger partial charge in [-0.05, 0) is 24.6 Å². The van der Waals surface area contributed by atoms with Gasteiger partial charge in [0.1, 0.15) is 5.15 Å². The Balaban J connectivity index is 2.18. The Kier molecular flexibility index (Phi) is 3.43. The average molecular weight is 264 g/mol. The van der Waals surface area contributed by atoms with Gasteiger partial charge in [0.25, 0.3) is 5.91 Å². The molecule has 5 nitrogen and oxygen atoms in total. The first-order valence-corrected chi connectivity index (χ1v) is 5.56. The Morgan fingerprint density at radius 3 is 2.83 bits per heavy atom. The first-order chi connectivity index (χ1) is 8.56. The Bertz CT molecular complexity index is 632. The van der Waals surface area contributed by atoms with Crippen LogP contribution >= 0.6 is 11.6 Å². The maximum atomic E-state index is 11.8. The summed E-state index contributed by atoms with van der Waals surface area (Å²) in [5, 5.41) is 3.06. The summed E-state index contributed by atoms with van der Waals surface area (Å²) in [6, 6.07) is 4.46. The smallest absolute Gasteiger partial charge is 0.257 e. The second kappa shape index (κ2) is 5.01. The van der Waals surface area contributed by atoms with E-state index in [1.165, 1.54) is 24.5 Å². The van der Waals surface area contributed by atoms with Crippen LogP contribution < -0.4 is 10.9 Å². The van der Waals surface area contributed by atoms with Crippen molar-refractivity contribution in [3.63, 3.8) is 0 Å². The number of aryl methyl sites for hydroxylation is 1. The van der Waals surface area contributed by atoms with E-state index in [2.05, 4.69) is 15.3 Å². The molecule has 0 saturated heterocycles. The first kappa shape index (κ1) is 12.3. The van der Waals surface area contributed by atoms with Gasteiger partial charge in [-0.25, -0.2) is 4.98 Å². The lowest BCUT2D eigenvalue weighted by Gasteiger charge is -2.06. The van der Waals surface area contributed by atoms with E-state index in [-0.39, 0.29) is 11.5 Å². The summed E-state index contributed by atoms with van der Waals surface area (Å²) >= 11 is 5.79. The molecule has 2 rings (SSSR count). The topological polar surface area (TPSA) is 74.8 Å². The second-order valence-corrected chi connectivity index (χ2v) is 4.09. The van der Waals surface area contributed by atoms with Crippen LogP contribution in [-0.4, -0.2) is 15.9 Å². The average Bonchev–Trinajstić information content (AvgIpc) is 2.34. The lowest BCUT2D eigenvalue weighted by atomic mass is 10.2. The summed E-state index contributed by atoms with van der Waals surface area (Å²) in [6.45, 7) is 1.80. The lowest BCUT2D eigenvalue weighted by molar-refractivity contribution is 0.102. The van der Waals surface area contributed by atoms with Crippen molar-refractivity contribution in [2.24, 2.45) is 0 Å². The van der Waals surface area contributed by atoms with Gasteiger partial charge < -0.3 is 10.3 Å². The van der Waals surface area contributed by atoms with E-state index in [1.54, 1.807) is 13.0 Å². The highest BCUT2D eigenvalue weighted by Crippen LogP contribution is 2.16. The third-order valence-corrected chi connectivity index (χ3v) is 2.71. The summed E-state index contributed by atoms with van der Waals surface area (Å²) in [5.41, 5.74) is 1.43. The van der Waals surface area contributed by atoms with E-state index in [0.717, 1.165) is 5.56 Å². The number of halogens is 1. The molecular formula is C12H10ClN3O2. The van der Waals surface area contributed by atoms with Crippen molar-refractivity contribution in [2.45, 2.75) is 6.92 Å². The zero-order chi connectivity index (χ0) is 13.1. The number of anilines is 1. The van der Waals surface area contributed by atoms with E-state index in [0.29, 0.717) is 16.4 Å². The summed E-state index contributed by atoms with van der Waals surface area (Å²) in [5.74, 6) is -0.324. The number of pyridine rings is 2. The summed E-state index contributed by atoms with van der Waals surface area (Å²) < 4.78 is 0. The minimum Gasteiger partial charge on any atom is -0.328 e. The molecule has 2 aromatic heterocycles. The number of carbonyl (C=O) groups excluding carboxylic acids is 1. The van der Waals surface area contributed by atoms with Crippen molar-refractivity contribution < 1.29 is 4.79 Å². The maximum absolute atomic E-state index is 11.8. The molecule has 2 heterocycles. The van der Waals surface area contributed by atoms with E-state index in [9.17, 15) is 9.59 Å². The zero-order valence-corrected chi connectivity index (χ0v) is 10.3. The van der Waals surface area contributed by atoms with E-state index in [4.69, 9.17) is 11.6 Å². The first-order valence-electron chi connectivity index (χ1n) is 5.18. The highest BCUT2D eigenvalue weighted by atomic mass is 35.5. The standard InChI is InChI=1S/C12H10ClN3O2/c1-7-4-9(6-15-11(7)13)16-12(18)8-2-3-10(17)14-5-8/h2-6H,1H3,(H,14,17)(H,16,18). The fraction of sp³-hybridized carbons (Fsp3) is 0.0833. The van der Waals surface area contributed by atoms with Gasteiger partial charge in [-0.3, -0.25) is 9.59 Å². The Labute approximate surface area is 108 Å². The molecule has 0 aliphatic rings. The molecule has 0 bridgehead atoms. The number of nitrogens with zero attached hydrogens (tertiary/aromatic N) is 1.